The lowest BCUT2D eigenvalue weighted by Gasteiger charge is -2.36. The largest absolute Gasteiger partial charge is 0.368 e. The second-order valence-electron chi connectivity index (χ2n) is 9.08. The maximum atomic E-state index is 14.1. The van der Waals surface area contributed by atoms with Gasteiger partial charge in [-0.15, -0.1) is 22.7 Å². The lowest BCUT2D eigenvalue weighted by atomic mass is 9.78. The molecule has 4 atom stereocenters. The number of halogens is 1. The van der Waals surface area contributed by atoms with Gasteiger partial charge in [0.15, 0.2) is 5.78 Å². The maximum absolute atomic E-state index is 14.1. The molecular formula is C26H25ClN2O3S2. The molecule has 176 valence electrons. The number of hydrogen-bond donors (Lipinski definition) is 1. The van der Waals surface area contributed by atoms with E-state index in [1.165, 1.54) is 22.7 Å². The first kappa shape index (κ1) is 23.3. The van der Waals surface area contributed by atoms with E-state index in [0.717, 1.165) is 35.3 Å². The van der Waals surface area contributed by atoms with Gasteiger partial charge >= 0.3 is 0 Å². The highest BCUT2D eigenvalue weighted by atomic mass is 35.5. The van der Waals surface area contributed by atoms with Crippen molar-refractivity contribution < 1.29 is 14.4 Å². The minimum atomic E-state index is -0.922. The van der Waals surface area contributed by atoms with Crippen LogP contribution < -0.4 is 5.73 Å². The molecule has 1 aliphatic carbocycles. The summed E-state index contributed by atoms with van der Waals surface area (Å²) in [6.07, 6.45) is 2.59. The van der Waals surface area contributed by atoms with E-state index in [4.69, 9.17) is 17.3 Å². The Hall–Kier alpha value is -2.48. The number of nitrogens with zero attached hydrogens (tertiary/aromatic N) is 1. The number of rotatable bonds is 6. The van der Waals surface area contributed by atoms with Gasteiger partial charge in [-0.25, -0.2) is 0 Å². The van der Waals surface area contributed by atoms with Crippen molar-refractivity contribution in [1.29, 1.82) is 0 Å². The third-order valence-electron chi connectivity index (χ3n) is 7.16. The Labute approximate surface area is 211 Å². The van der Waals surface area contributed by atoms with Gasteiger partial charge in [-0.3, -0.25) is 14.4 Å². The molecule has 2 amide bonds. The van der Waals surface area contributed by atoms with Crippen molar-refractivity contribution in [2.75, 3.05) is 0 Å². The molecule has 1 saturated heterocycles. The van der Waals surface area contributed by atoms with Crippen molar-refractivity contribution in [2.24, 2.45) is 17.6 Å². The molecule has 3 heterocycles. The van der Waals surface area contributed by atoms with Crippen LogP contribution in [0.25, 0.3) is 0 Å². The molecule has 5 rings (SSSR count). The van der Waals surface area contributed by atoms with Crippen molar-refractivity contribution in [3.05, 3.63) is 79.1 Å². The van der Waals surface area contributed by atoms with Gasteiger partial charge in [0.25, 0.3) is 0 Å². The number of carbonyl (C=O) groups is 3. The fourth-order valence-electron chi connectivity index (χ4n) is 5.31. The summed E-state index contributed by atoms with van der Waals surface area (Å²) in [5, 5.41) is 4.40. The summed E-state index contributed by atoms with van der Waals surface area (Å²) >= 11 is 9.05. The molecule has 2 fully saturated rings. The molecule has 34 heavy (non-hydrogen) atoms. The summed E-state index contributed by atoms with van der Waals surface area (Å²) < 4.78 is 0. The highest BCUT2D eigenvalue weighted by molar-refractivity contribution is 7.12. The Morgan fingerprint density at radius 1 is 1.03 bits per heavy atom. The summed E-state index contributed by atoms with van der Waals surface area (Å²) in [6.45, 7) is 1.99. The van der Waals surface area contributed by atoms with Crippen LogP contribution in [0.1, 0.15) is 56.9 Å². The quantitative estimate of drug-likeness (QED) is 0.437. The molecule has 5 nitrogen and oxygen atoms in total. The fourth-order valence-corrected chi connectivity index (χ4v) is 7.22. The molecule has 2 N–H and O–H groups in total. The molecule has 0 spiro atoms. The van der Waals surface area contributed by atoms with Gasteiger partial charge in [-0.2, -0.15) is 0 Å². The summed E-state index contributed by atoms with van der Waals surface area (Å²) in [4.78, 5) is 44.2. The van der Waals surface area contributed by atoms with E-state index in [1.54, 1.807) is 23.1 Å². The van der Waals surface area contributed by atoms with Gasteiger partial charge in [0, 0.05) is 21.7 Å². The van der Waals surface area contributed by atoms with Crippen molar-refractivity contribution in [3.8, 4) is 0 Å². The Morgan fingerprint density at radius 2 is 1.76 bits per heavy atom. The zero-order valence-corrected chi connectivity index (χ0v) is 21.0. The zero-order valence-electron chi connectivity index (χ0n) is 18.6. The first-order valence-corrected chi connectivity index (χ1v) is 13.5. The smallest absolute Gasteiger partial charge is 0.240 e. The molecular weight excluding hydrogens is 488 g/mol. The normalized spacial score (nSPS) is 24.7. The molecule has 4 unspecified atom stereocenters. The van der Waals surface area contributed by atoms with Crippen LogP contribution in [0.15, 0.2) is 53.2 Å². The fraction of sp³-hybridized carbons (Fsp3) is 0.346. The van der Waals surface area contributed by atoms with Crippen LogP contribution in [-0.4, -0.2) is 28.5 Å². The van der Waals surface area contributed by atoms with E-state index in [-0.39, 0.29) is 17.6 Å². The molecule has 0 bridgehead atoms. The number of ketones is 1. The van der Waals surface area contributed by atoms with E-state index in [1.807, 2.05) is 41.9 Å². The van der Waals surface area contributed by atoms with E-state index in [2.05, 4.69) is 0 Å². The molecule has 3 aromatic rings. The number of benzene rings is 1. The highest BCUT2D eigenvalue weighted by Gasteiger charge is 2.58. The Morgan fingerprint density at radius 3 is 2.29 bits per heavy atom. The van der Waals surface area contributed by atoms with E-state index in [9.17, 15) is 14.4 Å². The van der Waals surface area contributed by atoms with Crippen LogP contribution >= 0.6 is 34.3 Å². The molecule has 2 aromatic heterocycles. The Kier molecular flexibility index (Phi) is 6.35. The van der Waals surface area contributed by atoms with Gasteiger partial charge in [-0.1, -0.05) is 36.2 Å². The summed E-state index contributed by atoms with van der Waals surface area (Å²) in [7, 11) is 0. The van der Waals surface area contributed by atoms with Gasteiger partial charge in [0.1, 0.15) is 6.04 Å². The monoisotopic (exact) mass is 512 g/mol. The standard InChI is InChI=1S/C26H25ClN2O3S2/c1-14-11-13-34-24(14)21-20(23(30)18-6-3-12-33-18)19(15-7-9-17(27)10-8-15)22(25(28)31)29(21)26(32)16-4-2-5-16/h3,6-13,16,19-22H,2,4-5H2,1H3,(H2,28,31). The van der Waals surface area contributed by atoms with Gasteiger partial charge in [-0.05, 0) is 65.9 Å². The molecule has 1 aromatic carbocycles. The van der Waals surface area contributed by atoms with E-state index < -0.39 is 29.8 Å². The van der Waals surface area contributed by atoms with Crippen LogP contribution in [0.2, 0.25) is 5.02 Å². The summed E-state index contributed by atoms with van der Waals surface area (Å²) in [6, 6.07) is 11.4. The number of thiophene rings is 2. The van der Waals surface area contributed by atoms with Crippen molar-refractivity contribution in [3.63, 3.8) is 0 Å². The SMILES string of the molecule is Cc1ccsc1C1C(C(=O)c2cccs2)C(c2ccc(Cl)cc2)C(C(N)=O)N1C(=O)C1CCC1. The number of likely N-dealkylation sites (tertiary alicyclic amines) is 1. The number of carbonyl (C=O) groups excluding carboxylic acids is 3. The predicted molar refractivity (Wildman–Crippen MR) is 135 cm³/mol. The first-order chi connectivity index (χ1) is 16.4. The number of amides is 2. The van der Waals surface area contributed by atoms with Crippen LogP contribution in [-0.2, 0) is 9.59 Å². The van der Waals surface area contributed by atoms with Gasteiger partial charge < -0.3 is 10.6 Å². The third kappa shape index (κ3) is 3.89. The second-order valence-corrected chi connectivity index (χ2v) is 11.4. The minimum absolute atomic E-state index is 0.0668. The molecule has 2 aliphatic rings. The van der Waals surface area contributed by atoms with Gasteiger partial charge in [0.05, 0.1) is 16.8 Å². The molecule has 8 heteroatoms. The second kappa shape index (κ2) is 9.29. The van der Waals surface area contributed by atoms with Crippen LogP contribution in [0, 0.1) is 18.8 Å². The van der Waals surface area contributed by atoms with Crippen LogP contribution in [0.5, 0.6) is 0 Å². The number of primary amides is 1. The molecule has 1 saturated carbocycles. The Balaban J connectivity index is 1.73. The van der Waals surface area contributed by atoms with Crippen LogP contribution in [0.4, 0.5) is 0 Å². The lowest BCUT2D eigenvalue weighted by molar-refractivity contribution is -0.145. The minimum Gasteiger partial charge on any atom is -0.368 e. The summed E-state index contributed by atoms with van der Waals surface area (Å²) in [5.74, 6) is -2.07. The average Bonchev–Trinajstić information content (AvgIpc) is 3.50. The molecule has 0 radical (unpaired) electrons. The number of Topliss-reactive ketones (excluding diaryl/α,β-unsaturated/α-hetero) is 1. The Bertz CT molecular complexity index is 1220. The maximum Gasteiger partial charge on any atom is 0.240 e. The number of hydrogen-bond acceptors (Lipinski definition) is 5. The third-order valence-corrected chi connectivity index (χ3v) is 9.38. The number of nitrogens with two attached hydrogens (primary N) is 1. The van der Waals surface area contributed by atoms with E-state index in [0.29, 0.717) is 9.90 Å². The highest BCUT2D eigenvalue weighted by Crippen LogP contribution is 2.54. The number of aryl methyl sites for hydroxylation is 1. The van der Waals surface area contributed by atoms with Crippen molar-refractivity contribution in [1.82, 2.24) is 4.90 Å². The predicted octanol–water partition coefficient (Wildman–Crippen LogP) is 5.59. The zero-order chi connectivity index (χ0) is 24.0. The van der Waals surface area contributed by atoms with Gasteiger partial charge in [0.2, 0.25) is 11.8 Å². The molecule has 1 aliphatic heterocycles. The van der Waals surface area contributed by atoms with Crippen LogP contribution in [0.3, 0.4) is 0 Å². The summed E-state index contributed by atoms with van der Waals surface area (Å²) in [5.41, 5.74) is 7.80. The first-order valence-electron chi connectivity index (χ1n) is 11.4. The van der Waals surface area contributed by atoms with Crippen molar-refractivity contribution >= 4 is 51.9 Å². The van der Waals surface area contributed by atoms with E-state index >= 15 is 0 Å². The lowest BCUT2D eigenvalue weighted by Crippen LogP contribution is -2.49. The average molecular weight is 513 g/mol. The van der Waals surface area contributed by atoms with Crippen molar-refractivity contribution in [2.45, 2.75) is 44.2 Å². The topological polar surface area (TPSA) is 80.5 Å².